The number of aliphatic hydroxyl groups is 1. The molecule has 1 saturated heterocycles. The molecule has 1 heterocycles. The number of imide groups is 1. The van der Waals surface area contributed by atoms with Gasteiger partial charge in [0.15, 0.2) is 0 Å². The molecule has 0 aliphatic carbocycles. The Morgan fingerprint density at radius 1 is 0.674 bits per heavy atom. The number of rotatable bonds is 17. The number of aliphatic carboxylic acids is 3. The van der Waals surface area contributed by atoms with Crippen molar-refractivity contribution in [3.63, 3.8) is 0 Å². The van der Waals surface area contributed by atoms with Crippen LogP contribution < -0.4 is 10.6 Å². The van der Waals surface area contributed by atoms with Gasteiger partial charge in [0.2, 0.25) is 11.8 Å². The van der Waals surface area contributed by atoms with E-state index >= 15 is 0 Å². The van der Waals surface area contributed by atoms with Gasteiger partial charge in [-0.3, -0.25) is 24.0 Å². The monoisotopic (exact) mass is 617 g/mol. The minimum Gasteiger partial charge on any atom is -0.481 e. The quantitative estimate of drug-likeness (QED) is 0.0755. The fourth-order valence-electron chi connectivity index (χ4n) is 2.79. The van der Waals surface area contributed by atoms with E-state index in [2.05, 4.69) is 10.6 Å². The minimum atomic E-state index is -1.20. The van der Waals surface area contributed by atoms with Crippen LogP contribution in [-0.2, 0) is 43.2 Å². The van der Waals surface area contributed by atoms with Crippen molar-refractivity contribution in [3.05, 3.63) is 24.3 Å². The summed E-state index contributed by atoms with van der Waals surface area (Å²) in [5.74, 6) is -5.83. The number of nitrogens with zero attached hydrogens (tertiary/aromatic N) is 1. The molecule has 0 aromatic carbocycles. The fraction of sp³-hybridized carbons (Fsp3) is 0.556. The predicted octanol–water partition coefficient (Wildman–Crippen LogP) is 0.934. The van der Waals surface area contributed by atoms with Gasteiger partial charge in [0, 0.05) is 70.2 Å². The molecule has 16 heteroatoms. The molecule has 1 rings (SSSR count). The van der Waals surface area contributed by atoms with E-state index in [9.17, 15) is 38.4 Å². The highest BCUT2D eigenvalue weighted by Crippen LogP contribution is 2.13. The van der Waals surface area contributed by atoms with Crippen LogP contribution in [0.1, 0.15) is 78.1 Å². The molecule has 1 aliphatic rings. The maximum absolute atomic E-state index is 11.5. The van der Waals surface area contributed by atoms with Crippen molar-refractivity contribution in [1.82, 2.24) is 15.7 Å². The third-order valence-electron chi connectivity index (χ3n) is 4.68. The number of hydrogen-bond donors (Lipinski definition) is 6. The average Bonchev–Trinajstić information content (AvgIpc) is 3.28. The highest BCUT2D eigenvalue weighted by atomic mass is 16.7. The summed E-state index contributed by atoms with van der Waals surface area (Å²) >= 11 is 0. The van der Waals surface area contributed by atoms with Crippen LogP contribution in [0.2, 0.25) is 0 Å². The molecule has 0 aromatic heterocycles. The smallest absolute Gasteiger partial charge is 0.333 e. The Morgan fingerprint density at radius 2 is 1.07 bits per heavy atom. The van der Waals surface area contributed by atoms with Gasteiger partial charge in [0.05, 0.1) is 0 Å². The van der Waals surface area contributed by atoms with Crippen LogP contribution in [0, 0.1) is 0 Å². The van der Waals surface area contributed by atoms with E-state index in [1.165, 1.54) is 0 Å². The zero-order chi connectivity index (χ0) is 33.6. The van der Waals surface area contributed by atoms with Gasteiger partial charge in [-0.2, -0.15) is 0 Å². The van der Waals surface area contributed by atoms with E-state index < -0.39 is 47.5 Å². The van der Waals surface area contributed by atoms with Crippen LogP contribution >= 0.6 is 0 Å². The second-order valence-electron chi connectivity index (χ2n) is 7.99. The van der Waals surface area contributed by atoms with Gasteiger partial charge >= 0.3 is 23.9 Å². The van der Waals surface area contributed by atoms with E-state index in [1.54, 1.807) is 0 Å². The molecule has 0 radical (unpaired) electrons. The summed E-state index contributed by atoms with van der Waals surface area (Å²) in [6.45, 7) is 4.77. The summed E-state index contributed by atoms with van der Waals surface area (Å²) in [5, 5.41) is 37.4. The zero-order valence-electron chi connectivity index (χ0n) is 24.7. The molecule has 244 valence electrons. The topological polar surface area (TPSA) is 254 Å². The Balaban J connectivity index is -0.000000702. The summed E-state index contributed by atoms with van der Waals surface area (Å²) in [7, 11) is 1.00. The zero-order valence-corrected chi connectivity index (χ0v) is 24.7. The lowest BCUT2D eigenvalue weighted by Crippen LogP contribution is -2.31. The number of unbranched alkanes of at least 4 members (excludes halogenated alkanes) is 4. The summed E-state index contributed by atoms with van der Waals surface area (Å²) in [6, 6.07) is 0. The Hall–Kier alpha value is -4.60. The Labute approximate surface area is 249 Å². The van der Waals surface area contributed by atoms with Crippen molar-refractivity contribution in [2.45, 2.75) is 78.1 Å². The molecular formula is C27H43N3O13. The van der Waals surface area contributed by atoms with Crippen LogP contribution in [0.3, 0.4) is 0 Å². The molecule has 0 spiro atoms. The average molecular weight is 618 g/mol. The first kappa shape index (κ1) is 42.9. The second kappa shape index (κ2) is 28.9. The number of carbonyl (C=O) groups is 8. The van der Waals surface area contributed by atoms with Crippen LogP contribution in [0.5, 0.6) is 0 Å². The molecule has 6 N–H and O–H groups in total. The maximum atomic E-state index is 11.5. The molecule has 0 unspecified atom stereocenters. The molecular weight excluding hydrogens is 574 g/mol. The van der Waals surface area contributed by atoms with Crippen molar-refractivity contribution in [2.75, 3.05) is 20.2 Å². The number of nitrogens with one attached hydrogen (secondary N) is 2. The molecule has 43 heavy (non-hydrogen) atoms. The number of hydrogen-bond acceptors (Lipinski definition) is 10. The number of carboxylic acids is 3. The molecule has 1 fully saturated rings. The number of carbonyl (C=O) groups excluding carboxylic acids is 5. The van der Waals surface area contributed by atoms with Crippen molar-refractivity contribution < 1.29 is 63.6 Å². The van der Waals surface area contributed by atoms with Crippen LogP contribution in [-0.4, -0.2) is 93.2 Å². The van der Waals surface area contributed by atoms with E-state index in [4.69, 9.17) is 25.3 Å². The number of hydroxylamine groups is 2. The lowest BCUT2D eigenvalue weighted by atomic mass is 10.2. The van der Waals surface area contributed by atoms with Crippen molar-refractivity contribution in [3.8, 4) is 0 Å². The summed E-state index contributed by atoms with van der Waals surface area (Å²) in [4.78, 5) is 91.1. The first-order valence-corrected chi connectivity index (χ1v) is 13.5. The van der Waals surface area contributed by atoms with Gasteiger partial charge in [0.25, 0.3) is 11.8 Å². The standard InChI is InChI=1S/C14H18N2O7.C10H15NO5.C2H6.CH4O/c17-10(5-8-13(20)21)15-9-3-1-2-4-14(22)23-16-11(18)6-7-12(16)19;12-8(5-6-10(15)16)11-7-3-1-2-4-9(13)14;2*1-2/h5,8H,1-4,6-7,9H2,(H,15,17)(H,20,21);5-6H,1-4,7H2,(H,11,12)(H,13,14)(H,15,16);1-2H3;2H,1H3/b8-5-;6-5-;;. The van der Waals surface area contributed by atoms with E-state index in [0.29, 0.717) is 50.3 Å². The first-order chi connectivity index (χ1) is 20.4. The number of carboxylic acid groups (broad SMARTS) is 3. The van der Waals surface area contributed by atoms with E-state index in [1.807, 2.05) is 13.8 Å². The molecule has 4 amide bonds. The molecule has 0 bridgehead atoms. The normalized spacial score (nSPS) is 11.8. The summed E-state index contributed by atoms with van der Waals surface area (Å²) in [5.41, 5.74) is 0. The Bertz CT molecular complexity index is 946. The van der Waals surface area contributed by atoms with Gasteiger partial charge in [-0.1, -0.05) is 26.7 Å². The van der Waals surface area contributed by atoms with Crippen molar-refractivity contribution >= 4 is 47.5 Å². The number of amides is 4. The highest BCUT2D eigenvalue weighted by molar-refractivity contribution is 6.01. The van der Waals surface area contributed by atoms with Gasteiger partial charge in [-0.25, -0.2) is 14.4 Å². The largest absolute Gasteiger partial charge is 0.481 e. The number of aliphatic hydroxyl groups excluding tert-OH is 1. The third-order valence-corrected chi connectivity index (χ3v) is 4.68. The highest BCUT2D eigenvalue weighted by Gasteiger charge is 2.32. The summed E-state index contributed by atoms with van der Waals surface area (Å²) in [6.07, 6.45) is 7.36. The van der Waals surface area contributed by atoms with Gasteiger partial charge in [-0.05, 0) is 25.7 Å². The molecule has 0 aromatic rings. The molecule has 1 aliphatic heterocycles. The molecule has 0 atom stereocenters. The van der Waals surface area contributed by atoms with Gasteiger partial charge in [0.1, 0.15) is 0 Å². The van der Waals surface area contributed by atoms with Gasteiger partial charge in [-0.15, -0.1) is 5.06 Å². The lowest BCUT2D eigenvalue weighted by molar-refractivity contribution is -0.197. The molecule has 16 nitrogen and oxygen atoms in total. The van der Waals surface area contributed by atoms with E-state index in [0.717, 1.165) is 37.8 Å². The van der Waals surface area contributed by atoms with E-state index in [-0.39, 0.29) is 25.7 Å². The van der Waals surface area contributed by atoms with Crippen LogP contribution in [0.15, 0.2) is 24.3 Å². The fourth-order valence-corrected chi connectivity index (χ4v) is 2.79. The third kappa shape index (κ3) is 28.7. The van der Waals surface area contributed by atoms with Crippen LogP contribution in [0.25, 0.3) is 0 Å². The molecule has 0 saturated carbocycles. The van der Waals surface area contributed by atoms with Gasteiger partial charge < -0.3 is 35.9 Å². The maximum Gasteiger partial charge on any atom is 0.333 e. The Kier molecular flexibility index (Phi) is 28.8. The Morgan fingerprint density at radius 3 is 1.44 bits per heavy atom. The second-order valence-corrected chi connectivity index (χ2v) is 7.99. The van der Waals surface area contributed by atoms with Crippen LogP contribution in [0.4, 0.5) is 0 Å². The minimum absolute atomic E-state index is 0.0577. The SMILES string of the molecule is CC.CO.O=C(O)/C=C\C(=O)NCCCCCC(=O)O.O=C(O)/C=C\C(=O)NCCCCCC(=O)ON1C(=O)CCC1=O. The van der Waals surface area contributed by atoms with Crippen molar-refractivity contribution in [2.24, 2.45) is 0 Å². The first-order valence-electron chi connectivity index (χ1n) is 13.5. The predicted molar refractivity (Wildman–Crippen MR) is 151 cm³/mol. The summed E-state index contributed by atoms with van der Waals surface area (Å²) < 4.78 is 0. The van der Waals surface area contributed by atoms with Crippen molar-refractivity contribution in [1.29, 1.82) is 0 Å². The lowest BCUT2D eigenvalue weighted by Gasteiger charge is -2.12.